The molecule has 10 aromatic rings. The van der Waals surface area contributed by atoms with Gasteiger partial charge in [0.15, 0.2) is 0 Å². The fourth-order valence-electron chi connectivity index (χ4n) is 11.4. The average molecular weight is 1320 g/mol. The lowest BCUT2D eigenvalue weighted by atomic mass is 9.94. The summed E-state index contributed by atoms with van der Waals surface area (Å²) in [6, 6.07) is 55.2. The first-order chi connectivity index (χ1) is 46.8. The molecule has 2 aliphatic rings. The van der Waals surface area contributed by atoms with Crippen LogP contribution in [-0.2, 0) is 62.8 Å². The molecule has 7 aromatic carbocycles. The Morgan fingerprint density at radius 2 is 1.00 bits per heavy atom. The summed E-state index contributed by atoms with van der Waals surface area (Å²) in [5.74, 6) is -0.202. The third kappa shape index (κ3) is 16.5. The normalized spacial score (nSPS) is 12.2. The number of hydrogen-bond acceptors (Lipinski definition) is 15. The maximum absolute atomic E-state index is 13.7. The highest BCUT2D eigenvalue weighted by Crippen LogP contribution is 2.38. The van der Waals surface area contributed by atoms with Crippen LogP contribution in [0.5, 0.6) is 0 Å². The Kier molecular flexibility index (Phi) is 21.9. The molecule has 0 spiro atoms. The second kappa shape index (κ2) is 31.1. The quantitative estimate of drug-likeness (QED) is 0.0492. The van der Waals surface area contributed by atoms with Gasteiger partial charge in [0.2, 0.25) is 0 Å². The highest BCUT2D eigenvalue weighted by Gasteiger charge is 2.30. The van der Waals surface area contributed by atoms with E-state index in [4.69, 9.17) is 26.8 Å². The standard InChI is InChI=1S/C38H37N5O5.C24H26N4O3.C13H11ClN2O2/c1-41(2)30-15-16-32-26(19-30)17-18-43(36(32)45)35-14-8-13-31(33(35)23-44)27-20-34(37(46)42(3)22-27)39-28-11-7-12-29(21-28)40-38(47)48-24-25-9-5-4-6-10-25;1-26(2)17-7-8-19-15(11-17)9-10-28(23(19)30)22-6-4-5-18(20(22)14-29)16-12-21(25)24(31)27(3)13-16;14-12-8-11(6-7-15-12)16-13(17)18-9-10-4-2-1-3-5-10/h4-16,19-22,39,44H,17-18,23-24H2,1-3H3,(H,40,47);4-8,11-13,29H,9-10,14,25H2,1-3H3;1-8H,9H2,(H,15,16,17). The lowest BCUT2D eigenvalue weighted by Gasteiger charge is -2.31. The molecule has 12 rings (SSSR count). The smallest absolute Gasteiger partial charge is 0.411 e. The van der Waals surface area contributed by atoms with E-state index in [1.54, 1.807) is 84.8 Å². The van der Waals surface area contributed by atoms with Crippen LogP contribution in [0, 0.1) is 0 Å². The molecule has 0 saturated heterocycles. The molecule has 3 aromatic heterocycles. The molecule has 22 heteroatoms. The number of nitrogens with zero attached hydrogens (tertiary/aromatic N) is 7. The molecule has 0 radical (unpaired) electrons. The number of carbonyl (C=O) groups is 4. The van der Waals surface area contributed by atoms with Gasteiger partial charge in [-0.25, -0.2) is 14.6 Å². The van der Waals surface area contributed by atoms with Crippen molar-refractivity contribution in [2.75, 3.05) is 82.6 Å². The zero-order chi connectivity index (χ0) is 68.9. The summed E-state index contributed by atoms with van der Waals surface area (Å²) in [7, 11) is 11.2. The van der Waals surface area contributed by atoms with Crippen LogP contribution in [0.2, 0.25) is 5.15 Å². The third-order valence-electron chi connectivity index (χ3n) is 16.4. The van der Waals surface area contributed by atoms with Crippen molar-refractivity contribution in [2.24, 2.45) is 14.1 Å². The summed E-state index contributed by atoms with van der Waals surface area (Å²) in [6.45, 7) is 0.816. The molecule has 0 unspecified atom stereocenters. The van der Waals surface area contributed by atoms with Crippen molar-refractivity contribution in [1.29, 1.82) is 0 Å². The number of carbonyl (C=O) groups excluding carboxylic acids is 4. The average Bonchev–Trinajstić information content (AvgIpc) is 0.794. The van der Waals surface area contributed by atoms with E-state index in [0.717, 1.165) is 45.6 Å². The van der Waals surface area contributed by atoms with Crippen LogP contribution < -0.4 is 52.4 Å². The number of fused-ring (bicyclic) bond motifs is 2. The Bertz CT molecular complexity index is 4630. The minimum Gasteiger partial charge on any atom is -0.444 e. The number of benzene rings is 7. The summed E-state index contributed by atoms with van der Waals surface area (Å²) >= 11 is 5.70. The zero-order valence-electron chi connectivity index (χ0n) is 54.5. The van der Waals surface area contributed by atoms with E-state index in [2.05, 4.69) is 33.1 Å². The predicted octanol–water partition coefficient (Wildman–Crippen LogP) is 12.2. The van der Waals surface area contributed by atoms with Gasteiger partial charge in [0.1, 0.15) is 24.1 Å². The summed E-state index contributed by atoms with van der Waals surface area (Å²) in [6.07, 6.45) is 5.19. The van der Waals surface area contributed by atoms with E-state index in [1.807, 2.05) is 159 Å². The van der Waals surface area contributed by atoms with E-state index in [1.165, 1.54) is 15.3 Å². The number of nitrogens with two attached hydrogens (primary N) is 1. The molecule has 4 amide bonds. The van der Waals surface area contributed by atoms with Crippen molar-refractivity contribution >= 4 is 86.8 Å². The summed E-state index contributed by atoms with van der Waals surface area (Å²) < 4.78 is 13.3. The fourth-order valence-corrected chi connectivity index (χ4v) is 11.6. The first-order valence-electron chi connectivity index (χ1n) is 31.1. The van der Waals surface area contributed by atoms with Gasteiger partial charge in [-0.15, -0.1) is 0 Å². The van der Waals surface area contributed by atoms with Crippen molar-refractivity contribution in [3.8, 4) is 22.3 Å². The van der Waals surface area contributed by atoms with Crippen molar-refractivity contribution < 1.29 is 38.9 Å². The van der Waals surface area contributed by atoms with E-state index in [9.17, 15) is 39.0 Å². The number of aromatic nitrogens is 3. The van der Waals surface area contributed by atoms with Crippen LogP contribution in [0.1, 0.15) is 54.1 Å². The van der Waals surface area contributed by atoms with Crippen LogP contribution in [-0.4, -0.2) is 89.6 Å². The third-order valence-corrected chi connectivity index (χ3v) is 16.6. The molecule has 5 heterocycles. The number of hydrogen-bond donors (Lipinski definition) is 6. The molecule has 0 aliphatic carbocycles. The number of amides is 4. The molecule has 496 valence electrons. The topological polar surface area (TPSA) is 259 Å². The lowest BCUT2D eigenvalue weighted by Crippen LogP contribution is -2.38. The van der Waals surface area contributed by atoms with Crippen molar-refractivity contribution in [3.05, 3.63) is 271 Å². The van der Waals surface area contributed by atoms with Crippen molar-refractivity contribution in [2.45, 2.75) is 39.3 Å². The summed E-state index contributed by atoms with van der Waals surface area (Å²) in [5, 5.41) is 29.6. The number of pyridine rings is 3. The monoisotopic (exact) mass is 1320 g/mol. The number of nitrogens with one attached hydrogen (secondary N) is 3. The SMILES string of the molecule is CN(C)c1ccc2c(c1)CCN(c1cccc(-c3cc(N)c(=O)n(C)c3)c1CO)C2=O.CN(C)c1ccc2c(c1)CCN(c1cccc(-c3cc(Nc4cccc(NC(=O)OCc5ccccc5)c4)c(=O)n(C)c3)c1CO)C2=O.O=C(Nc1ccnc(Cl)c1)OCc1ccccc1. The Morgan fingerprint density at radius 1 is 0.536 bits per heavy atom. The summed E-state index contributed by atoms with van der Waals surface area (Å²) in [4.78, 5) is 87.5. The fraction of sp³-hybridized carbons (Fsp3) is 0.187. The predicted molar refractivity (Wildman–Crippen MR) is 382 cm³/mol. The molecule has 7 N–H and O–H groups in total. The number of aliphatic hydroxyl groups excluding tert-OH is 2. The Balaban J connectivity index is 0.000000177. The van der Waals surface area contributed by atoms with Crippen LogP contribution in [0.25, 0.3) is 22.3 Å². The van der Waals surface area contributed by atoms with E-state index in [-0.39, 0.29) is 55.0 Å². The van der Waals surface area contributed by atoms with Gasteiger partial charge >= 0.3 is 12.2 Å². The van der Waals surface area contributed by atoms with Gasteiger partial charge in [-0.3, -0.25) is 29.8 Å². The van der Waals surface area contributed by atoms with Gasteiger partial charge in [-0.2, -0.15) is 0 Å². The minimum atomic E-state index is -0.598. The molecule has 0 atom stereocenters. The molecular formula is C75H74ClN11O10. The largest absolute Gasteiger partial charge is 0.444 e. The second-order valence-electron chi connectivity index (χ2n) is 23.4. The Labute approximate surface area is 566 Å². The summed E-state index contributed by atoms with van der Waals surface area (Å²) in [5.41, 5.74) is 20.0. The first-order valence-corrected chi connectivity index (χ1v) is 31.5. The number of aryl methyl sites for hydroxylation is 2. The number of aliphatic hydroxyl groups is 2. The molecule has 0 bridgehead atoms. The van der Waals surface area contributed by atoms with Gasteiger partial charge in [0.25, 0.3) is 22.9 Å². The van der Waals surface area contributed by atoms with Crippen molar-refractivity contribution in [3.63, 3.8) is 0 Å². The maximum Gasteiger partial charge on any atom is 0.411 e. The zero-order valence-corrected chi connectivity index (χ0v) is 55.2. The van der Waals surface area contributed by atoms with Gasteiger partial charge in [-0.05, 0) is 137 Å². The Hall–Kier alpha value is -11.5. The number of ether oxygens (including phenoxy) is 2. The highest BCUT2D eigenvalue weighted by molar-refractivity contribution is 6.29. The molecule has 2 aliphatic heterocycles. The minimum absolute atomic E-state index is 0.0848. The number of anilines is 9. The molecule has 0 fully saturated rings. The lowest BCUT2D eigenvalue weighted by molar-refractivity contribution is 0.0972. The van der Waals surface area contributed by atoms with Gasteiger partial charge in [0.05, 0.1) is 30.3 Å². The van der Waals surface area contributed by atoms with Crippen LogP contribution in [0.3, 0.4) is 0 Å². The van der Waals surface area contributed by atoms with Crippen LogP contribution in [0.15, 0.2) is 210 Å². The Morgan fingerprint density at radius 3 is 1.47 bits per heavy atom. The molecular weight excluding hydrogens is 1250 g/mol. The highest BCUT2D eigenvalue weighted by atomic mass is 35.5. The van der Waals surface area contributed by atoms with E-state index < -0.39 is 12.2 Å². The van der Waals surface area contributed by atoms with Gasteiger partial charge in [-0.1, -0.05) is 103 Å². The van der Waals surface area contributed by atoms with Gasteiger partial charge in [0, 0.05) is 136 Å². The van der Waals surface area contributed by atoms with E-state index >= 15 is 0 Å². The van der Waals surface area contributed by atoms with Crippen LogP contribution >= 0.6 is 11.6 Å². The molecule has 0 saturated carbocycles. The first kappa shape index (κ1) is 68.3. The van der Waals surface area contributed by atoms with E-state index in [0.29, 0.717) is 97.7 Å². The number of nitrogen functional groups attached to an aromatic ring is 1. The molecule has 97 heavy (non-hydrogen) atoms. The van der Waals surface area contributed by atoms with Crippen LogP contribution in [0.4, 0.5) is 60.8 Å². The number of rotatable bonds is 16. The number of halogens is 1. The maximum atomic E-state index is 13.7. The van der Waals surface area contributed by atoms with Crippen molar-refractivity contribution in [1.82, 2.24) is 14.1 Å². The van der Waals surface area contributed by atoms with Gasteiger partial charge < -0.3 is 59.5 Å². The molecule has 21 nitrogen and oxygen atoms in total. The second-order valence-corrected chi connectivity index (χ2v) is 23.8.